The van der Waals surface area contributed by atoms with E-state index >= 15 is 0 Å². The fourth-order valence-electron chi connectivity index (χ4n) is 2.21. The molecule has 0 heterocycles. The molecule has 0 atom stereocenters. The van der Waals surface area contributed by atoms with Crippen LogP contribution in [0.25, 0.3) is 0 Å². The van der Waals surface area contributed by atoms with E-state index in [1.165, 1.54) is 59.8 Å². The minimum Gasteiger partial charge on any atom is -0.317 e. The molecule has 1 aromatic carbocycles. The van der Waals surface area contributed by atoms with Gasteiger partial charge < -0.3 is 5.32 Å². The minimum absolute atomic E-state index is 1.09. The van der Waals surface area contributed by atoms with Crippen molar-refractivity contribution in [2.24, 2.45) is 0 Å². The van der Waals surface area contributed by atoms with Gasteiger partial charge in [-0.3, -0.25) is 0 Å². The Labute approximate surface area is 120 Å². The van der Waals surface area contributed by atoms with Gasteiger partial charge in [0, 0.05) is 4.47 Å². The van der Waals surface area contributed by atoms with Crippen LogP contribution in [0.1, 0.15) is 49.3 Å². The van der Waals surface area contributed by atoms with Crippen molar-refractivity contribution in [1.29, 1.82) is 0 Å². The first-order valence-electron chi connectivity index (χ1n) is 7.11. The van der Waals surface area contributed by atoms with Crippen molar-refractivity contribution < 1.29 is 0 Å². The summed E-state index contributed by atoms with van der Waals surface area (Å²) in [7, 11) is 0. The van der Waals surface area contributed by atoms with E-state index in [9.17, 15) is 0 Å². The maximum Gasteiger partial charge on any atom is 0.0207 e. The second kappa shape index (κ2) is 8.71. The highest BCUT2D eigenvalue weighted by atomic mass is 79.9. The molecule has 1 rings (SSSR count). The quantitative estimate of drug-likeness (QED) is 0.681. The van der Waals surface area contributed by atoms with Crippen molar-refractivity contribution in [3.63, 3.8) is 0 Å². The number of hydrogen-bond acceptors (Lipinski definition) is 1. The minimum atomic E-state index is 1.09. The molecule has 0 bridgehead atoms. The third kappa shape index (κ3) is 5.53. The Balaban J connectivity index is 2.25. The van der Waals surface area contributed by atoms with Crippen molar-refractivity contribution in [3.05, 3.63) is 33.3 Å². The third-order valence-corrected chi connectivity index (χ3v) is 4.27. The lowest BCUT2D eigenvalue weighted by atomic mass is 10.00. The molecule has 1 nitrogen and oxygen atoms in total. The molecule has 0 aliphatic rings. The molecule has 0 aromatic heterocycles. The molecular formula is C16H26BrN. The standard InChI is InChI=1S/C16H26BrN/c1-4-18-10-8-6-5-7-9-15-11-14(3)16(17)12-13(15)2/h11-12,18H,4-10H2,1-3H3. The van der Waals surface area contributed by atoms with Crippen molar-refractivity contribution in [3.8, 4) is 0 Å². The number of unbranched alkanes of at least 4 members (excludes halogenated alkanes) is 3. The summed E-state index contributed by atoms with van der Waals surface area (Å²) in [5.41, 5.74) is 4.28. The monoisotopic (exact) mass is 311 g/mol. The lowest BCUT2D eigenvalue weighted by Crippen LogP contribution is -2.13. The normalized spacial score (nSPS) is 10.9. The van der Waals surface area contributed by atoms with Gasteiger partial charge in [-0.2, -0.15) is 0 Å². The van der Waals surface area contributed by atoms with E-state index in [4.69, 9.17) is 0 Å². The molecule has 0 spiro atoms. The van der Waals surface area contributed by atoms with Gasteiger partial charge in [0.2, 0.25) is 0 Å². The van der Waals surface area contributed by atoms with Crippen molar-refractivity contribution in [2.45, 2.75) is 52.9 Å². The second-order valence-corrected chi connectivity index (χ2v) is 5.90. The van der Waals surface area contributed by atoms with Gasteiger partial charge in [-0.15, -0.1) is 0 Å². The Morgan fingerprint density at radius 2 is 1.72 bits per heavy atom. The Kier molecular flexibility index (Phi) is 7.60. The number of hydrogen-bond donors (Lipinski definition) is 1. The Bertz CT molecular complexity index is 360. The Morgan fingerprint density at radius 1 is 1.00 bits per heavy atom. The summed E-state index contributed by atoms with van der Waals surface area (Å²) in [5, 5.41) is 3.37. The summed E-state index contributed by atoms with van der Waals surface area (Å²) in [6, 6.07) is 4.58. The molecule has 18 heavy (non-hydrogen) atoms. The number of rotatable bonds is 8. The van der Waals surface area contributed by atoms with Crippen LogP contribution in [0.4, 0.5) is 0 Å². The molecule has 0 unspecified atom stereocenters. The predicted molar refractivity (Wildman–Crippen MR) is 84.3 cm³/mol. The topological polar surface area (TPSA) is 12.0 Å². The molecule has 0 fully saturated rings. The molecule has 0 aliphatic carbocycles. The summed E-state index contributed by atoms with van der Waals surface area (Å²) in [6.07, 6.45) is 6.54. The van der Waals surface area contributed by atoms with Crippen LogP contribution in [0, 0.1) is 13.8 Å². The zero-order valence-corrected chi connectivity index (χ0v) is 13.6. The van der Waals surface area contributed by atoms with Gasteiger partial charge in [-0.05, 0) is 69.0 Å². The van der Waals surface area contributed by atoms with Crippen LogP contribution >= 0.6 is 15.9 Å². The van der Waals surface area contributed by atoms with Crippen LogP contribution in [-0.4, -0.2) is 13.1 Å². The van der Waals surface area contributed by atoms with Crippen LogP contribution in [0.3, 0.4) is 0 Å². The zero-order valence-electron chi connectivity index (χ0n) is 12.0. The van der Waals surface area contributed by atoms with Crippen LogP contribution in [0.2, 0.25) is 0 Å². The molecule has 1 N–H and O–H groups in total. The van der Waals surface area contributed by atoms with Crippen LogP contribution in [0.5, 0.6) is 0 Å². The first kappa shape index (κ1) is 15.7. The van der Waals surface area contributed by atoms with E-state index in [0.29, 0.717) is 0 Å². The second-order valence-electron chi connectivity index (χ2n) is 5.05. The summed E-state index contributed by atoms with van der Waals surface area (Å²) in [4.78, 5) is 0. The lowest BCUT2D eigenvalue weighted by molar-refractivity contribution is 0.597. The maximum atomic E-state index is 3.59. The first-order valence-corrected chi connectivity index (χ1v) is 7.90. The van der Waals surface area contributed by atoms with Gasteiger partial charge in [-0.25, -0.2) is 0 Å². The molecule has 102 valence electrons. The maximum absolute atomic E-state index is 3.59. The summed E-state index contributed by atoms with van der Waals surface area (Å²) in [5.74, 6) is 0. The van der Waals surface area contributed by atoms with Crippen LogP contribution in [0.15, 0.2) is 16.6 Å². The van der Waals surface area contributed by atoms with Gasteiger partial charge in [0.15, 0.2) is 0 Å². The molecule has 0 saturated carbocycles. The first-order chi connectivity index (χ1) is 8.65. The van der Waals surface area contributed by atoms with E-state index in [1.54, 1.807) is 0 Å². The average Bonchev–Trinajstić information content (AvgIpc) is 2.34. The number of aryl methyl sites for hydroxylation is 3. The molecule has 0 saturated heterocycles. The van der Waals surface area contributed by atoms with Gasteiger partial charge >= 0.3 is 0 Å². The van der Waals surface area contributed by atoms with E-state index in [1.807, 2.05) is 0 Å². The highest BCUT2D eigenvalue weighted by Crippen LogP contribution is 2.22. The van der Waals surface area contributed by atoms with Gasteiger partial charge in [0.1, 0.15) is 0 Å². The van der Waals surface area contributed by atoms with E-state index in [0.717, 1.165) is 6.54 Å². The third-order valence-electron chi connectivity index (χ3n) is 3.42. The fourth-order valence-corrected chi connectivity index (χ4v) is 2.66. The van der Waals surface area contributed by atoms with Gasteiger partial charge in [0.25, 0.3) is 0 Å². The number of nitrogens with one attached hydrogen (secondary N) is 1. The largest absolute Gasteiger partial charge is 0.317 e. The molecule has 2 heteroatoms. The smallest absolute Gasteiger partial charge is 0.0207 e. The van der Waals surface area contributed by atoms with Crippen LogP contribution < -0.4 is 5.32 Å². The molecule has 0 amide bonds. The predicted octanol–water partition coefficient (Wildman–Crippen LogP) is 4.78. The average molecular weight is 312 g/mol. The number of benzene rings is 1. The van der Waals surface area contributed by atoms with Gasteiger partial charge in [-0.1, -0.05) is 41.8 Å². The van der Waals surface area contributed by atoms with E-state index < -0.39 is 0 Å². The van der Waals surface area contributed by atoms with E-state index in [-0.39, 0.29) is 0 Å². The lowest BCUT2D eigenvalue weighted by Gasteiger charge is -2.09. The van der Waals surface area contributed by atoms with Crippen molar-refractivity contribution in [1.82, 2.24) is 5.32 Å². The highest BCUT2D eigenvalue weighted by Gasteiger charge is 2.02. The van der Waals surface area contributed by atoms with Crippen LogP contribution in [-0.2, 0) is 6.42 Å². The molecule has 0 radical (unpaired) electrons. The number of halogens is 1. The van der Waals surface area contributed by atoms with Crippen molar-refractivity contribution in [2.75, 3.05) is 13.1 Å². The molecule has 0 aliphatic heterocycles. The Morgan fingerprint density at radius 3 is 2.44 bits per heavy atom. The summed E-state index contributed by atoms with van der Waals surface area (Å²) < 4.78 is 1.23. The Hall–Kier alpha value is -0.340. The SMILES string of the molecule is CCNCCCCCCc1cc(C)c(Br)cc1C. The molecule has 1 aromatic rings. The summed E-state index contributed by atoms with van der Waals surface area (Å²) in [6.45, 7) is 8.82. The van der Waals surface area contributed by atoms with Gasteiger partial charge in [0.05, 0.1) is 0 Å². The van der Waals surface area contributed by atoms with Crippen molar-refractivity contribution >= 4 is 15.9 Å². The molecular weight excluding hydrogens is 286 g/mol. The zero-order chi connectivity index (χ0) is 13.4. The highest BCUT2D eigenvalue weighted by molar-refractivity contribution is 9.10. The fraction of sp³-hybridized carbons (Fsp3) is 0.625. The summed E-state index contributed by atoms with van der Waals surface area (Å²) >= 11 is 3.59. The van der Waals surface area contributed by atoms with E-state index in [2.05, 4.69) is 54.2 Å².